The second-order valence-electron chi connectivity index (χ2n) is 4.87. The average molecular weight is 310 g/mol. The van der Waals surface area contributed by atoms with Crippen molar-refractivity contribution in [3.05, 3.63) is 48.0 Å². The van der Waals surface area contributed by atoms with E-state index in [1.165, 1.54) is 12.1 Å². The molecule has 3 aromatic rings. The van der Waals surface area contributed by atoms with Gasteiger partial charge in [0.2, 0.25) is 12.6 Å². The number of benzene rings is 2. The maximum atomic E-state index is 10.9. The van der Waals surface area contributed by atoms with Crippen molar-refractivity contribution in [3.63, 3.8) is 0 Å². The van der Waals surface area contributed by atoms with E-state index in [9.17, 15) is 4.79 Å². The highest BCUT2D eigenvalue weighted by Gasteiger charge is 2.17. The summed E-state index contributed by atoms with van der Waals surface area (Å²) >= 11 is 0. The highest BCUT2D eigenvalue weighted by atomic mass is 16.7. The molecule has 0 spiro atoms. The highest BCUT2D eigenvalue weighted by Crippen LogP contribution is 2.35. The molecule has 0 aliphatic carbocycles. The van der Waals surface area contributed by atoms with E-state index in [2.05, 4.69) is 10.1 Å². The van der Waals surface area contributed by atoms with Crippen molar-refractivity contribution in [1.29, 1.82) is 0 Å². The van der Waals surface area contributed by atoms with Crippen molar-refractivity contribution in [2.45, 2.75) is 0 Å². The molecule has 0 bridgehead atoms. The van der Waals surface area contributed by atoms with Crippen molar-refractivity contribution < 1.29 is 23.9 Å². The molecule has 0 radical (unpaired) electrons. The van der Waals surface area contributed by atoms with Crippen LogP contribution in [0.3, 0.4) is 0 Å². The van der Waals surface area contributed by atoms with Gasteiger partial charge in [0.15, 0.2) is 11.5 Å². The highest BCUT2D eigenvalue weighted by molar-refractivity contribution is 5.88. The first-order valence-corrected chi connectivity index (χ1v) is 6.78. The molecule has 0 fully saturated rings. The minimum Gasteiger partial charge on any atom is -0.478 e. The number of aromatic nitrogens is 2. The van der Waals surface area contributed by atoms with Crippen molar-refractivity contribution in [1.82, 2.24) is 10.1 Å². The third-order valence-electron chi connectivity index (χ3n) is 3.44. The molecule has 4 rings (SSSR count). The number of carboxylic acid groups (broad SMARTS) is 1. The summed E-state index contributed by atoms with van der Waals surface area (Å²) in [5.74, 6) is 1.06. The minimum absolute atomic E-state index is 0.198. The molecule has 1 aliphatic rings. The van der Waals surface area contributed by atoms with Crippen molar-refractivity contribution in [3.8, 4) is 34.3 Å². The van der Waals surface area contributed by atoms with Gasteiger partial charge in [-0.15, -0.1) is 0 Å². The zero-order valence-electron chi connectivity index (χ0n) is 11.7. The molecule has 0 saturated heterocycles. The van der Waals surface area contributed by atoms with E-state index in [1.54, 1.807) is 30.3 Å². The Balaban J connectivity index is 1.65. The summed E-state index contributed by atoms with van der Waals surface area (Å²) in [4.78, 5) is 15.2. The molecule has 1 aromatic heterocycles. The second kappa shape index (κ2) is 5.13. The van der Waals surface area contributed by atoms with Crippen LogP contribution >= 0.6 is 0 Å². The number of ether oxygens (including phenoxy) is 2. The first kappa shape index (κ1) is 13.3. The summed E-state index contributed by atoms with van der Waals surface area (Å²) in [6, 6.07) is 11.6. The smallest absolute Gasteiger partial charge is 0.335 e. The van der Waals surface area contributed by atoms with Gasteiger partial charge < -0.3 is 19.1 Å². The van der Waals surface area contributed by atoms with Gasteiger partial charge in [-0.2, -0.15) is 4.98 Å². The van der Waals surface area contributed by atoms with E-state index in [0.717, 1.165) is 5.56 Å². The number of fused-ring (bicyclic) bond motifs is 1. The quantitative estimate of drug-likeness (QED) is 0.794. The SMILES string of the molecule is O=C(O)c1ccc(-c2noc(-c3ccc4c(c3)OCO4)n2)cc1. The van der Waals surface area contributed by atoms with Gasteiger partial charge in [-0.25, -0.2) is 4.79 Å². The Morgan fingerprint density at radius 1 is 1.00 bits per heavy atom. The van der Waals surface area contributed by atoms with Gasteiger partial charge >= 0.3 is 5.97 Å². The molecular formula is C16H10N2O5. The van der Waals surface area contributed by atoms with Crippen LogP contribution in [0.15, 0.2) is 47.0 Å². The van der Waals surface area contributed by atoms with Crippen LogP contribution in [0.2, 0.25) is 0 Å². The Morgan fingerprint density at radius 3 is 2.52 bits per heavy atom. The number of carbonyl (C=O) groups is 1. The fourth-order valence-electron chi connectivity index (χ4n) is 2.25. The molecule has 0 atom stereocenters. The molecule has 7 nitrogen and oxygen atoms in total. The Kier molecular flexibility index (Phi) is 2.97. The molecule has 2 heterocycles. The molecule has 0 saturated carbocycles. The number of hydrogen-bond donors (Lipinski definition) is 1. The van der Waals surface area contributed by atoms with Gasteiger partial charge in [-0.3, -0.25) is 0 Å². The molecular weight excluding hydrogens is 300 g/mol. The van der Waals surface area contributed by atoms with Crippen LogP contribution in [0.5, 0.6) is 11.5 Å². The third-order valence-corrected chi connectivity index (χ3v) is 3.44. The monoisotopic (exact) mass is 310 g/mol. The number of aromatic carboxylic acids is 1. The minimum atomic E-state index is -0.981. The predicted octanol–water partition coefficient (Wildman–Crippen LogP) is 2.83. The Labute approximate surface area is 130 Å². The number of nitrogens with zero attached hydrogens (tertiary/aromatic N) is 2. The van der Waals surface area contributed by atoms with E-state index in [4.69, 9.17) is 19.1 Å². The van der Waals surface area contributed by atoms with Crippen molar-refractivity contribution in [2.24, 2.45) is 0 Å². The second-order valence-corrected chi connectivity index (χ2v) is 4.87. The lowest BCUT2D eigenvalue weighted by molar-refractivity contribution is 0.0697. The van der Waals surface area contributed by atoms with Gasteiger partial charge in [0.25, 0.3) is 5.89 Å². The summed E-state index contributed by atoms with van der Waals surface area (Å²) in [6.45, 7) is 0.198. The van der Waals surface area contributed by atoms with Crippen LogP contribution in [0.1, 0.15) is 10.4 Å². The lowest BCUT2D eigenvalue weighted by Gasteiger charge is -1.97. The summed E-state index contributed by atoms with van der Waals surface area (Å²) in [5.41, 5.74) is 1.59. The van der Waals surface area contributed by atoms with E-state index < -0.39 is 5.97 Å². The summed E-state index contributed by atoms with van der Waals surface area (Å²) < 4.78 is 15.8. The summed E-state index contributed by atoms with van der Waals surface area (Å²) in [7, 11) is 0. The predicted molar refractivity (Wildman–Crippen MR) is 78.3 cm³/mol. The maximum absolute atomic E-state index is 10.9. The molecule has 114 valence electrons. The number of rotatable bonds is 3. The zero-order chi connectivity index (χ0) is 15.8. The van der Waals surface area contributed by atoms with Crippen LogP contribution in [-0.4, -0.2) is 28.0 Å². The molecule has 23 heavy (non-hydrogen) atoms. The van der Waals surface area contributed by atoms with Crippen LogP contribution in [0.25, 0.3) is 22.8 Å². The largest absolute Gasteiger partial charge is 0.478 e. The molecule has 2 aromatic carbocycles. The Bertz CT molecular complexity index is 886. The Hall–Kier alpha value is -3.35. The molecule has 1 aliphatic heterocycles. The van der Waals surface area contributed by atoms with Gasteiger partial charge in [0.1, 0.15) is 0 Å². The fourth-order valence-corrected chi connectivity index (χ4v) is 2.25. The average Bonchev–Trinajstić information content (AvgIpc) is 3.23. The van der Waals surface area contributed by atoms with Gasteiger partial charge in [0.05, 0.1) is 5.56 Å². The Morgan fingerprint density at radius 2 is 1.74 bits per heavy atom. The summed E-state index contributed by atoms with van der Waals surface area (Å²) in [5, 5.41) is 12.8. The van der Waals surface area contributed by atoms with E-state index in [1.807, 2.05) is 0 Å². The van der Waals surface area contributed by atoms with Gasteiger partial charge in [-0.1, -0.05) is 17.3 Å². The molecule has 1 N–H and O–H groups in total. The molecule has 0 unspecified atom stereocenters. The zero-order valence-corrected chi connectivity index (χ0v) is 11.7. The van der Waals surface area contributed by atoms with Crippen LogP contribution < -0.4 is 9.47 Å². The van der Waals surface area contributed by atoms with Crippen LogP contribution in [-0.2, 0) is 0 Å². The normalized spacial score (nSPS) is 12.3. The van der Waals surface area contributed by atoms with Crippen molar-refractivity contribution in [2.75, 3.05) is 6.79 Å². The van der Waals surface area contributed by atoms with E-state index in [-0.39, 0.29) is 12.4 Å². The fraction of sp³-hybridized carbons (Fsp3) is 0.0625. The van der Waals surface area contributed by atoms with E-state index in [0.29, 0.717) is 28.8 Å². The van der Waals surface area contributed by atoms with E-state index >= 15 is 0 Å². The summed E-state index contributed by atoms with van der Waals surface area (Å²) in [6.07, 6.45) is 0. The number of carboxylic acids is 1. The molecule has 0 amide bonds. The standard InChI is InChI=1S/C16H10N2O5/c19-16(20)10-3-1-9(2-4-10)14-17-15(23-18-14)11-5-6-12-13(7-11)22-8-21-12/h1-7H,8H2,(H,19,20). The lowest BCUT2D eigenvalue weighted by Crippen LogP contribution is -1.95. The van der Waals surface area contributed by atoms with Gasteiger partial charge in [-0.05, 0) is 30.3 Å². The van der Waals surface area contributed by atoms with Crippen molar-refractivity contribution >= 4 is 5.97 Å². The third kappa shape index (κ3) is 2.38. The lowest BCUT2D eigenvalue weighted by atomic mass is 10.1. The van der Waals surface area contributed by atoms with Crippen LogP contribution in [0, 0.1) is 0 Å². The maximum Gasteiger partial charge on any atom is 0.335 e. The molecule has 7 heteroatoms. The topological polar surface area (TPSA) is 94.7 Å². The van der Waals surface area contributed by atoms with Crippen LogP contribution in [0.4, 0.5) is 0 Å². The first-order chi connectivity index (χ1) is 11.2. The van der Waals surface area contributed by atoms with Gasteiger partial charge in [0, 0.05) is 11.1 Å². The first-order valence-electron chi connectivity index (χ1n) is 6.78. The number of hydrogen-bond acceptors (Lipinski definition) is 6.